The zero-order chi connectivity index (χ0) is 13.5. The number of hydrogen-bond donors (Lipinski definition) is 1. The minimum atomic E-state index is -1.06. The second kappa shape index (κ2) is 7.00. The Labute approximate surface area is 110 Å². The summed E-state index contributed by atoms with van der Waals surface area (Å²) in [4.78, 5) is 28.7. The van der Waals surface area contributed by atoms with Gasteiger partial charge in [0.25, 0.3) is 0 Å². The molecule has 0 saturated heterocycles. The van der Waals surface area contributed by atoms with E-state index >= 15 is 0 Å². The summed E-state index contributed by atoms with van der Waals surface area (Å²) < 4.78 is 0. The summed E-state index contributed by atoms with van der Waals surface area (Å²) >= 11 is 1.32. The van der Waals surface area contributed by atoms with Crippen LogP contribution < -0.4 is 0 Å². The monoisotopic (exact) mass is 268 g/mol. The first-order valence-electron chi connectivity index (χ1n) is 5.68. The standard InChI is InChI=1S/C12H16N2O3S/c1-3-14(4-2)11(15)8-18-9-5-6-13-10(7-9)12(16)17/h5-7H,3-4,8H2,1-2H3,(H,16,17). The van der Waals surface area contributed by atoms with Crippen molar-refractivity contribution in [3.63, 3.8) is 0 Å². The van der Waals surface area contributed by atoms with Crippen molar-refractivity contribution in [2.24, 2.45) is 0 Å². The number of carboxylic acids is 1. The van der Waals surface area contributed by atoms with Gasteiger partial charge in [-0.3, -0.25) is 4.79 Å². The normalized spacial score (nSPS) is 10.1. The number of carbonyl (C=O) groups is 2. The average molecular weight is 268 g/mol. The van der Waals surface area contributed by atoms with Gasteiger partial charge in [-0.15, -0.1) is 11.8 Å². The molecular weight excluding hydrogens is 252 g/mol. The molecule has 1 heterocycles. The molecule has 1 aromatic rings. The van der Waals surface area contributed by atoms with Gasteiger partial charge in [0.2, 0.25) is 5.91 Å². The Morgan fingerprint density at radius 1 is 1.39 bits per heavy atom. The van der Waals surface area contributed by atoms with E-state index in [2.05, 4.69) is 4.98 Å². The highest BCUT2D eigenvalue weighted by atomic mass is 32.2. The quantitative estimate of drug-likeness (QED) is 0.796. The van der Waals surface area contributed by atoms with E-state index < -0.39 is 5.97 Å². The van der Waals surface area contributed by atoms with Crippen molar-refractivity contribution in [2.45, 2.75) is 18.7 Å². The Hall–Kier alpha value is -1.56. The molecule has 1 N–H and O–H groups in total. The molecule has 0 bridgehead atoms. The van der Waals surface area contributed by atoms with Crippen LogP contribution in [0, 0.1) is 0 Å². The van der Waals surface area contributed by atoms with E-state index in [0.29, 0.717) is 18.8 Å². The molecule has 0 unspecified atom stereocenters. The third-order valence-corrected chi connectivity index (χ3v) is 3.41. The molecule has 0 fully saturated rings. The Morgan fingerprint density at radius 2 is 2.06 bits per heavy atom. The second-order valence-corrected chi connectivity index (χ2v) is 4.59. The summed E-state index contributed by atoms with van der Waals surface area (Å²) in [5, 5.41) is 8.80. The van der Waals surface area contributed by atoms with Crippen molar-refractivity contribution in [1.82, 2.24) is 9.88 Å². The number of aromatic nitrogens is 1. The Balaban J connectivity index is 2.61. The predicted molar refractivity (Wildman–Crippen MR) is 69.8 cm³/mol. The fourth-order valence-corrected chi connectivity index (χ4v) is 2.26. The van der Waals surface area contributed by atoms with Crippen LogP contribution in [0.5, 0.6) is 0 Å². The first kappa shape index (κ1) is 14.5. The van der Waals surface area contributed by atoms with Crippen molar-refractivity contribution >= 4 is 23.6 Å². The Bertz CT molecular complexity index is 433. The van der Waals surface area contributed by atoms with Gasteiger partial charge in [0, 0.05) is 24.2 Å². The molecule has 0 aliphatic heterocycles. The zero-order valence-electron chi connectivity index (χ0n) is 10.4. The lowest BCUT2D eigenvalue weighted by Crippen LogP contribution is -2.31. The van der Waals surface area contributed by atoms with Gasteiger partial charge in [-0.2, -0.15) is 0 Å². The number of pyridine rings is 1. The first-order chi connectivity index (χ1) is 8.58. The van der Waals surface area contributed by atoms with Crippen LogP contribution in [0.15, 0.2) is 23.2 Å². The molecule has 0 spiro atoms. The maximum Gasteiger partial charge on any atom is 0.354 e. The summed E-state index contributed by atoms with van der Waals surface area (Å²) in [6, 6.07) is 3.18. The van der Waals surface area contributed by atoms with Gasteiger partial charge in [0.15, 0.2) is 0 Å². The van der Waals surface area contributed by atoms with E-state index in [1.165, 1.54) is 24.0 Å². The lowest BCUT2D eigenvalue weighted by molar-refractivity contribution is -0.127. The minimum absolute atomic E-state index is 0.00436. The fraction of sp³-hybridized carbons (Fsp3) is 0.417. The molecule has 6 heteroatoms. The van der Waals surface area contributed by atoms with Crippen molar-refractivity contribution in [3.05, 3.63) is 24.0 Å². The predicted octanol–water partition coefficient (Wildman–Crippen LogP) is 1.74. The SMILES string of the molecule is CCN(CC)C(=O)CSc1ccnc(C(=O)O)c1. The molecule has 0 atom stereocenters. The third-order valence-electron chi connectivity index (χ3n) is 2.43. The molecule has 0 saturated carbocycles. The Kier molecular flexibility index (Phi) is 5.64. The van der Waals surface area contributed by atoms with E-state index in [0.717, 1.165) is 4.90 Å². The molecule has 1 rings (SSSR count). The van der Waals surface area contributed by atoms with E-state index in [-0.39, 0.29) is 11.6 Å². The third kappa shape index (κ3) is 4.03. The van der Waals surface area contributed by atoms with Gasteiger partial charge in [-0.25, -0.2) is 9.78 Å². The van der Waals surface area contributed by atoms with E-state index in [1.807, 2.05) is 13.8 Å². The molecule has 1 amide bonds. The largest absolute Gasteiger partial charge is 0.477 e. The number of nitrogens with zero attached hydrogens (tertiary/aromatic N) is 2. The molecule has 98 valence electrons. The number of hydrogen-bond acceptors (Lipinski definition) is 4. The van der Waals surface area contributed by atoms with Gasteiger partial charge in [-0.1, -0.05) is 0 Å². The minimum Gasteiger partial charge on any atom is -0.477 e. The van der Waals surface area contributed by atoms with Gasteiger partial charge in [0.05, 0.1) is 5.75 Å². The summed E-state index contributed by atoms with van der Waals surface area (Å²) in [5.74, 6) is -0.698. The van der Waals surface area contributed by atoms with Gasteiger partial charge in [-0.05, 0) is 26.0 Å². The van der Waals surface area contributed by atoms with Gasteiger partial charge in [0.1, 0.15) is 5.69 Å². The fourth-order valence-electron chi connectivity index (χ4n) is 1.43. The number of amides is 1. The van der Waals surface area contributed by atoms with Crippen LogP contribution in [0.2, 0.25) is 0 Å². The number of aromatic carboxylic acids is 1. The summed E-state index contributed by atoms with van der Waals surface area (Å²) in [6.07, 6.45) is 1.44. The van der Waals surface area contributed by atoms with Crippen molar-refractivity contribution in [3.8, 4) is 0 Å². The molecule has 0 aliphatic carbocycles. The number of thioether (sulfide) groups is 1. The van der Waals surface area contributed by atoms with Crippen LogP contribution in [0.1, 0.15) is 24.3 Å². The first-order valence-corrected chi connectivity index (χ1v) is 6.67. The second-order valence-electron chi connectivity index (χ2n) is 3.54. The average Bonchev–Trinajstić information content (AvgIpc) is 2.38. The van der Waals surface area contributed by atoms with Gasteiger partial charge >= 0.3 is 5.97 Å². The van der Waals surface area contributed by atoms with E-state index in [9.17, 15) is 9.59 Å². The smallest absolute Gasteiger partial charge is 0.354 e. The Morgan fingerprint density at radius 3 is 2.61 bits per heavy atom. The highest BCUT2D eigenvalue weighted by Gasteiger charge is 2.11. The number of carboxylic acid groups (broad SMARTS) is 1. The van der Waals surface area contributed by atoms with Crippen LogP contribution in [-0.4, -0.2) is 45.7 Å². The number of carbonyl (C=O) groups excluding carboxylic acids is 1. The summed E-state index contributed by atoms with van der Waals surface area (Å²) in [7, 11) is 0. The van der Waals surface area contributed by atoms with Crippen LogP contribution in [0.25, 0.3) is 0 Å². The summed E-state index contributed by atoms with van der Waals surface area (Å²) in [5.41, 5.74) is -0.00436. The molecular formula is C12H16N2O3S. The van der Waals surface area contributed by atoms with Crippen molar-refractivity contribution < 1.29 is 14.7 Å². The topological polar surface area (TPSA) is 70.5 Å². The number of rotatable bonds is 6. The lowest BCUT2D eigenvalue weighted by atomic mass is 10.3. The molecule has 0 aromatic carbocycles. The zero-order valence-corrected chi connectivity index (χ0v) is 11.2. The molecule has 0 radical (unpaired) electrons. The highest BCUT2D eigenvalue weighted by molar-refractivity contribution is 8.00. The lowest BCUT2D eigenvalue weighted by Gasteiger charge is -2.18. The van der Waals surface area contributed by atoms with Crippen LogP contribution in [0.3, 0.4) is 0 Å². The van der Waals surface area contributed by atoms with Crippen LogP contribution >= 0.6 is 11.8 Å². The van der Waals surface area contributed by atoms with Gasteiger partial charge < -0.3 is 10.0 Å². The van der Waals surface area contributed by atoms with Crippen LogP contribution in [0.4, 0.5) is 0 Å². The maximum absolute atomic E-state index is 11.8. The van der Waals surface area contributed by atoms with Crippen molar-refractivity contribution in [2.75, 3.05) is 18.8 Å². The van der Waals surface area contributed by atoms with Crippen molar-refractivity contribution in [1.29, 1.82) is 0 Å². The molecule has 0 aliphatic rings. The van der Waals surface area contributed by atoms with E-state index in [1.54, 1.807) is 11.0 Å². The summed E-state index contributed by atoms with van der Waals surface area (Å²) in [6.45, 7) is 5.24. The molecule has 1 aromatic heterocycles. The maximum atomic E-state index is 11.8. The highest BCUT2D eigenvalue weighted by Crippen LogP contribution is 2.18. The van der Waals surface area contributed by atoms with E-state index in [4.69, 9.17) is 5.11 Å². The molecule has 18 heavy (non-hydrogen) atoms. The van der Waals surface area contributed by atoms with Crippen LogP contribution in [-0.2, 0) is 4.79 Å². The molecule has 5 nitrogen and oxygen atoms in total.